The number of benzene rings is 2. The molecular formula is C21H22O4. The first kappa shape index (κ1) is 18.6. The van der Waals surface area contributed by atoms with Gasteiger partial charge in [-0.1, -0.05) is 60.7 Å². The second kappa shape index (κ2) is 8.92. The zero-order valence-corrected chi connectivity index (χ0v) is 14.5. The van der Waals surface area contributed by atoms with Crippen molar-refractivity contribution in [2.45, 2.75) is 26.2 Å². The van der Waals surface area contributed by atoms with E-state index in [1.54, 1.807) is 37.3 Å². The normalized spacial score (nSPS) is 12.9. The molecule has 0 spiro atoms. The predicted molar refractivity (Wildman–Crippen MR) is 95.4 cm³/mol. The van der Waals surface area contributed by atoms with E-state index in [4.69, 9.17) is 4.74 Å². The molecule has 0 fully saturated rings. The molecule has 2 aromatic carbocycles. The third kappa shape index (κ3) is 4.86. The molecule has 2 aromatic rings. The van der Waals surface area contributed by atoms with E-state index in [9.17, 15) is 14.4 Å². The van der Waals surface area contributed by atoms with Crippen molar-refractivity contribution in [1.82, 2.24) is 0 Å². The first-order chi connectivity index (χ1) is 12.0. The average molecular weight is 338 g/mol. The van der Waals surface area contributed by atoms with Gasteiger partial charge in [-0.3, -0.25) is 14.4 Å². The number of esters is 1. The van der Waals surface area contributed by atoms with Gasteiger partial charge in [0.15, 0.2) is 5.78 Å². The minimum atomic E-state index is -1.00. The van der Waals surface area contributed by atoms with E-state index in [0.717, 1.165) is 5.56 Å². The van der Waals surface area contributed by atoms with Crippen molar-refractivity contribution in [2.75, 3.05) is 6.61 Å². The topological polar surface area (TPSA) is 60.4 Å². The fraction of sp³-hybridized carbons (Fsp3) is 0.286. The molecule has 0 N–H and O–H groups in total. The molecule has 0 bridgehead atoms. The summed E-state index contributed by atoms with van der Waals surface area (Å²) < 4.78 is 5.09. The Morgan fingerprint density at radius 2 is 1.48 bits per heavy atom. The summed E-state index contributed by atoms with van der Waals surface area (Å²) in [5.41, 5.74) is 1.24. The zero-order valence-electron chi connectivity index (χ0n) is 14.5. The Labute approximate surface area is 147 Å². The van der Waals surface area contributed by atoms with Crippen LogP contribution in [0.3, 0.4) is 0 Å². The Bertz CT molecular complexity index is 722. The van der Waals surface area contributed by atoms with Gasteiger partial charge in [0, 0.05) is 11.5 Å². The number of hydrogen-bond donors (Lipinski definition) is 0. The maximum absolute atomic E-state index is 12.8. The molecule has 0 saturated heterocycles. The fourth-order valence-corrected chi connectivity index (χ4v) is 2.81. The summed E-state index contributed by atoms with van der Waals surface area (Å²) in [4.78, 5) is 37.4. The van der Waals surface area contributed by atoms with E-state index in [-0.39, 0.29) is 24.6 Å². The first-order valence-corrected chi connectivity index (χ1v) is 8.35. The van der Waals surface area contributed by atoms with Crippen LogP contribution in [0.25, 0.3) is 0 Å². The van der Waals surface area contributed by atoms with Crippen LogP contribution in [0.4, 0.5) is 0 Å². The highest BCUT2D eigenvalue weighted by molar-refractivity contribution is 6.09. The van der Waals surface area contributed by atoms with Crippen LogP contribution in [0.15, 0.2) is 60.7 Å². The third-order valence-electron chi connectivity index (χ3n) is 4.11. The van der Waals surface area contributed by atoms with Gasteiger partial charge in [-0.15, -0.1) is 0 Å². The fourth-order valence-electron chi connectivity index (χ4n) is 2.81. The van der Waals surface area contributed by atoms with Gasteiger partial charge in [-0.2, -0.15) is 0 Å². The molecule has 25 heavy (non-hydrogen) atoms. The summed E-state index contributed by atoms with van der Waals surface area (Å²) in [6, 6.07) is 17.8. The summed E-state index contributed by atoms with van der Waals surface area (Å²) in [6.45, 7) is 3.36. The van der Waals surface area contributed by atoms with Gasteiger partial charge in [-0.25, -0.2) is 0 Å². The molecule has 2 unspecified atom stereocenters. The Morgan fingerprint density at radius 3 is 2.00 bits per heavy atom. The summed E-state index contributed by atoms with van der Waals surface area (Å²) >= 11 is 0. The van der Waals surface area contributed by atoms with Gasteiger partial charge >= 0.3 is 5.97 Å². The second-order valence-corrected chi connectivity index (χ2v) is 5.84. The Morgan fingerprint density at radius 1 is 0.920 bits per heavy atom. The molecular weight excluding hydrogens is 316 g/mol. The number of hydrogen-bond acceptors (Lipinski definition) is 4. The number of carbonyl (C=O) groups excluding carboxylic acids is 3. The maximum Gasteiger partial charge on any atom is 0.316 e. The molecule has 0 aliphatic heterocycles. The molecule has 0 heterocycles. The van der Waals surface area contributed by atoms with Crippen molar-refractivity contribution in [2.24, 2.45) is 5.92 Å². The van der Waals surface area contributed by atoms with Crippen LogP contribution < -0.4 is 0 Å². The largest absolute Gasteiger partial charge is 0.465 e. The first-order valence-electron chi connectivity index (χ1n) is 8.35. The van der Waals surface area contributed by atoms with Crippen LogP contribution in [-0.2, 0) is 14.3 Å². The highest BCUT2D eigenvalue weighted by Crippen LogP contribution is 2.28. The van der Waals surface area contributed by atoms with Crippen LogP contribution in [0.2, 0.25) is 0 Å². The summed E-state index contributed by atoms with van der Waals surface area (Å²) in [6.07, 6.45) is 0.103. The van der Waals surface area contributed by atoms with Crippen LogP contribution >= 0.6 is 0 Å². The van der Waals surface area contributed by atoms with Crippen LogP contribution in [0.1, 0.15) is 42.1 Å². The molecule has 4 nitrogen and oxygen atoms in total. The summed E-state index contributed by atoms with van der Waals surface area (Å²) in [5, 5.41) is 0. The summed E-state index contributed by atoms with van der Waals surface area (Å²) in [5.74, 6) is -2.51. The molecule has 0 amide bonds. The molecule has 0 aliphatic rings. The van der Waals surface area contributed by atoms with Crippen molar-refractivity contribution in [3.8, 4) is 0 Å². The standard InChI is InChI=1S/C21H22O4/c1-3-25-21(24)19(20(23)17-12-8-5-9-13-17)14-18(15(2)22)16-10-6-4-7-11-16/h4-13,18-19H,3,14H2,1-2H3. The number of carbonyl (C=O) groups is 3. The lowest BCUT2D eigenvalue weighted by molar-refractivity contribution is -0.146. The summed E-state index contributed by atoms with van der Waals surface area (Å²) in [7, 11) is 0. The molecule has 2 rings (SSSR count). The van der Waals surface area contributed by atoms with Crippen molar-refractivity contribution in [3.05, 3.63) is 71.8 Å². The highest BCUT2D eigenvalue weighted by atomic mass is 16.5. The van der Waals surface area contributed by atoms with Crippen molar-refractivity contribution < 1.29 is 19.1 Å². The Balaban J connectivity index is 2.33. The quantitative estimate of drug-likeness (QED) is 0.417. The van der Waals surface area contributed by atoms with Gasteiger partial charge in [0.2, 0.25) is 0 Å². The van der Waals surface area contributed by atoms with Gasteiger partial charge < -0.3 is 4.74 Å². The van der Waals surface area contributed by atoms with Crippen molar-refractivity contribution in [3.63, 3.8) is 0 Å². The zero-order chi connectivity index (χ0) is 18.2. The smallest absolute Gasteiger partial charge is 0.316 e. The molecule has 4 heteroatoms. The number of Topliss-reactive ketones (excluding diaryl/α,β-unsaturated/α-hetero) is 2. The number of ether oxygens (including phenoxy) is 1. The van der Waals surface area contributed by atoms with E-state index < -0.39 is 17.8 Å². The molecule has 0 aliphatic carbocycles. The van der Waals surface area contributed by atoms with E-state index in [2.05, 4.69) is 0 Å². The lowest BCUT2D eigenvalue weighted by Crippen LogP contribution is -2.29. The van der Waals surface area contributed by atoms with E-state index in [1.807, 2.05) is 30.3 Å². The predicted octanol–water partition coefficient (Wildman–Crippen LogP) is 3.81. The maximum atomic E-state index is 12.8. The van der Waals surface area contributed by atoms with Crippen LogP contribution in [-0.4, -0.2) is 24.1 Å². The van der Waals surface area contributed by atoms with E-state index >= 15 is 0 Å². The van der Waals surface area contributed by atoms with E-state index in [0.29, 0.717) is 5.56 Å². The van der Waals surface area contributed by atoms with Crippen molar-refractivity contribution >= 4 is 17.5 Å². The second-order valence-electron chi connectivity index (χ2n) is 5.84. The number of ketones is 2. The molecule has 0 aromatic heterocycles. The lowest BCUT2D eigenvalue weighted by Gasteiger charge is -2.20. The average Bonchev–Trinajstić information content (AvgIpc) is 2.63. The highest BCUT2D eigenvalue weighted by Gasteiger charge is 2.33. The van der Waals surface area contributed by atoms with E-state index in [1.165, 1.54) is 6.92 Å². The molecule has 130 valence electrons. The Kier molecular flexibility index (Phi) is 6.63. The molecule has 0 radical (unpaired) electrons. The third-order valence-corrected chi connectivity index (χ3v) is 4.11. The lowest BCUT2D eigenvalue weighted by atomic mass is 9.83. The monoisotopic (exact) mass is 338 g/mol. The van der Waals surface area contributed by atoms with Gasteiger partial charge in [0.05, 0.1) is 6.61 Å². The van der Waals surface area contributed by atoms with Gasteiger partial charge in [0.1, 0.15) is 11.7 Å². The number of rotatable bonds is 8. The van der Waals surface area contributed by atoms with Crippen LogP contribution in [0.5, 0.6) is 0 Å². The minimum absolute atomic E-state index is 0.0821. The van der Waals surface area contributed by atoms with Crippen molar-refractivity contribution in [1.29, 1.82) is 0 Å². The molecule has 0 saturated carbocycles. The Hall–Kier alpha value is -2.75. The minimum Gasteiger partial charge on any atom is -0.465 e. The SMILES string of the molecule is CCOC(=O)C(CC(C(C)=O)c1ccccc1)C(=O)c1ccccc1. The van der Waals surface area contributed by atoms with Gasteiger partial charge in [0.25, 0.3) is 0 Å². The van der Waals surface area contributed by atoms with Crippen LogP contribution in [0, 0.1) is 5.92 Å². The van der Waals surface area contributed by atoms with Gasteiger partial charge in [-0.05, 0) is 25.8 Å². The molecule has 2 atom stereocenters.